The second kappa shape index (κ2) is 6.89. The molecule has 0 spiro atoms. The molecule has 0 radical (unpaired) electrons. The lowest BCUT2D eigenvalue weighted by Gasteiger charge is -2.27. The first-order valence-electron chi connectivity index (χ1n) is 7.29. The van der Waals surface area contributed by atoms with Crippen molar-refractivity contribution in [1.82, 2.24) is 5.32 Å². The summed E-state index contributed by atoms with van der Waals surface area (Å²) < 4.78 is 5.56. The third kappa shape index (κ3) is 4.49. The molecule has 2 aliphatic carbocycles. The number of carboxylic acid groups (broad SMARTS) is 1. The molecule has 2 N–H and O–H groups in total. The van der Waals surface area contributed by atoms with Crippen LogP contribution in [0.5, 0.6) is 0 Å². The van der Waals surface area contributed by atoms with Gasteiger partial charge in [-0.2, -0.15) is 0 Å². The highest BCUT2D eigenvalue weighted by Gasteiger charge is 2.26. The highest BCUT2D eigenvalue weighted by Crippen LogP contribution is 2.24. The van der Waals surface area contributed by atoms with Crippen molar-refractivity contribution in [2.45, 2.75) is 63.5 Å². The van der Waals surface area contributed by atoms with Gasteiger partial charge in [0.1, 0.15) is 6.61 Å². The number of hydrogen-bond acceptors (Lipinski definition) is 3. The largest absolute Gasteiger partial charge is 0.481 e. The van der Waals surface area contributed by atoms with Crippen LogP contribution < -0.4 is 5.32 Å². The van der Waals surface area contributed by atoms with Crippen molar-refractivity contribution in [3.63, 3.8) is 0 Å². The fourth-order valence-electron chi connectivity index (χ4n) is 3.00. The Hall–Kier alpha value is -1.10. The molecule has 0 atom stereocenters. The molecule has 2 rings (SSSR count). The second-order valence-corrected chi connectivity index (χ2v) is 5.67. The number of carbonyl (C=O) groups excluding carboxylic acids is 1. The molecule has 5 heteroatoms. The van der Waals surface area contributed by atoms with Crippen molar-refractivity contribution in [1.29, 1.82) is 0 Å². The van der Waals surface area contributed by atoms with Crippen molar-refractivity contribution >= 4 is 11.9 Å². The Balaban J connectivity index is 1.61. The molecule has 108 valence electrons. The number of rotatable bonds is 5. The van der Waals surface area contributed by atoms with Crippen molar-refractivity contribution in [2.75, 3.05) is 6.61 Å². The average Bonchev–Trinajstić information content (AvgIpc) is 2.90. The number of ether oxygens (including phenoxy) is 1. The number of carboxylic acids is 1. The monoisotopic (exact) mass is 269 g/mol. The van der Waals surface area contributed by atoms with E-state index in [-0.39, 0.29) is 30.6 Å². The van der Waals surface area contributed by atoms with E-state index < -0.39 is 5.97 Å². The molecule has 0 bridgehead atoms. The highest BCUT2D eigenvalue weighted by atomic mass is 16.5. The van der Waals surface area contributed by atoms with Crippen LogP contribution in [0, 0.1) is 5.92 Å². The number of hydrogen-bond donors (Lipinski definition) is 2. The summed E-state index contributed by atoms with van der Waals surface area (Å²) in [6.45, 7) is 0.142. The minimum atomic E-state index is -0.714. The molecule has 5 nitrogen and oxygen atoms in total. The molecular weight excluding hydrogens is 246 g/mol. The summed E-state index contributed by atoms with van der Waals surface area (Å²) in [5, 5.41) is 11.8. The molecule has 0 saturated heterocycles. The minimum Gasteiger partial charge on any atom is -0.481 e. The standard InChI is InChI=1S/C14H23NO4/c16-13(9-19-12-3-1-2-4-12)15-11-7-5-10(6-8-11)14(17)18/h10-12H,1-9H2,(H,15,16)(H,17,18). The van der Waals surface area contributed by atoms with Crippen molar-refractivity contribution in [3.05, 3.63) is 0 Å². The SMILES string of the molecule is O=C(COC1CCCC1)NC1CCC(C(=O)O)CC1. The first-order valence-corrected chi connectivity index (χ1v) is 7.29. The maximum absolute atomic E-state index is 11.7. The lowest BCUT2D eigenvalue weighted by Crippen LogP contribution is -2.40. The second-order valence-electron chi connectivity index (χ2n) is 5.67. The number of aliphatic carboxylic acids is 1. The predicted octanol–water partition coefficient (Wildman–Crippen LogP) is 1.71. The van der Waals surface area contributed by atoms with Gasteiger partial charge >= 0.3 is 5.97 Å². The van der Waals surface area contributed by atoms with E-state index in [1.54, 1.807) is 0 Å². The fraction of sp³-hybridized carbons (Fsp3) is 0.857. The Morgan fingerprint density at radius 3 is 2.26 bits per heavy atom. The summed E-state index contributed by atoms with van der Waals surface area (Å²) in [4.78, 5) is 22.6. The van der Waals surface area contributed by atoms with E-state index in [1.165, 1.54) is 12.8 Å². The third-order valence-corrected chi connectivity index (χ3v) is 4.19. The smallest absolute Gasteiger partial charge is 0.306 e. The van der Waals surface area contributed by atoms with Crippen LogP contribution in [0.2, 0.25) is 0 Å². The Kier molecular flexibility index (Phi) is 5.19. The van der Waals surface area contributed by atoms with E-state index in [0.717, 1.165) is 25.7 Å². The third-order valence-electron chi connectivity index (χ3n) is 4.19. The van der Waals surface area contributed by atoms with Gasteiger partial charge in [-0.25, -0.2) is 0 Å². The first kappa shape index (κ1) is 14.3. The molecule has 19 heavy (non-hydrogen) atoms. The van der Waals surface area contributed by atoms with Crippen molar-refractivity contribution in [3.8, 4) is 0 Å². The van der Waals surface area contributed by atoms with E-state index in [1.807, 2.05) is 0 Å². The van der Waals surface area contributed by atoms with Crippen LogP contribution in [0.4, 0.5) is 0 Å². The van der Waals surface area contributed by atoms with Crippen LogP contribution in [0.3, 0.4) is 0 Å². The van der Waals surface area contributed by atoms with E-state index >= 15 is 0 Å². The Bertz CT molecular complexity index is 317. The average molecular weight is 269 g/mol. The number of nitrogens with one attached hydrogen (secondary N) is 1. The summed E-state index contributed by atoms with van der Waals surface area (Å²) >= 11 is 0. The van der Waals surface area contributed by atoms with Crippen LogP contribution in [-0.4, -0.2) is 35.7 Å². The molecule has 1 amide bonds. The van der Waals surface area contributed by atoms with Crippen LogP contribution in [0.1, 0.15) is 51.4 Å². The Labute approximate surface area is 113 Å². The van der Waals surface area contributed by atoms with Gasteiger partial charge in [0.25, 0.3) is 0 Å². The highest BCUT2D eigenvalue weighted by molar-refractivity contribution is 5.77. The van der Waals surface area contributed by atoms with Gasteiger partial charge in [-0.1, -0.05) is 12.8 Å². The molecule has 0 aliphatic heterocycles. The van der Waals surface area contributed by atoms with E-state index in [0.29, 0.717) is 12.8 Å². The fourth-order valence-corrected chi connectivity index (χ4v) is 3.00. The summed E-state index contributed by atoms with van der Waals surface area (Å²) in [5.41, 5.74) is 0. The quantitative estimate of drug-likeness (QED) is 0.796. The van der Waals surface area contributed by atoms with Crippen molar-refractivity contribution in [2.24, 2.45) is 5.92 Å². The number of amides is 1. The zero-order valence-electron chi connectivity index (χ0n) is 11.3. The van der Waals surface area contributed by atoms with Gasteiger partial charge in [-0.3, -0.25) is 9.59 Å². The molecular formula is C14H23NO4. The van der Waals surface area contributed by atoms with E-state index in [2.05, 4.69) is 5.32 Å². The van der Waals surface area contributed by atoms with Crippen LogP contribution in [0.15, 0.2) is 0 Å². The number of carbonyl (C=O) groups is 2. The Morgan fingerprint density at radius 1 is 1.05 bits per heavy atom. The van der Waals surface area contributed by atoms with Crippen LogP contribution in [0.25, 0.3) is 0 Å². The van der Waals surface area contributed by atoms with Crippen molar-refractivity contribution < 1.29 is 19.4 Å². The summed E-state index contributed by atoms with van der Waals surface area (Å²) in [7, 11) is 0. The van der Waals surface area contributed by atoms with Gasteiger partial charge < -0.3 is 15.2 Å². The molecule has 2 aliphatic rings. The Morgan fingerprint density at radius 2 is 1.68 bits per heavy atom. The van der Waals surface area contributed by atoms with Crippen LogP contribution in [-0.2, 0) is 14.3 Å². The molecule has 0 heterocycles. The molecule has 2 saturated carbocycles. The summed E-state index contributed by atoms with van der Waals surface area (Å²) in [6, 6.07) is 0.121. The zero-order valence-corrected chi connectivity index (χ0v) is 11.3. The zero-order chi connectivity index (χ0) is 13.7. The lowest BCUT2D eigenvalue weighted by atomic mass is 9.86. The van der Waals surface area contributed by atoms with Gasteiger partial charge in [0, 0.05) is 6.04 Å². The summed E-state index contributed by atoms with van der Waals surface area (Å²) in [5.74, 6) is -1.01. The minimum absolute atomic E-state index is 0.0642. The molecule has 0 aromatic rings. The van der Waals surface area contributed by atoms with E-state index in [4.69, 9.17) is 9.84 Å². The van der Waals surface area contributed by atoms with E-state index in [9.17, 15) is 9.59 Å². The molecule has 2 fully saturated rings. The maximum atomic E-state index is 11.7. The first-order chi connectivity index (χ1) is 9.15. The van der Waals surface area contributed by atoms with Gasteiger partial charge in [0.2, 0.25) is 5.91 Å². The topological polar surface area (TPSA) is 75.6 Å². The van der Waals surface area contributed by atoms with Gasteiger partial charge in [0.05, 0.1) is 12.0 Å². The lowest BCUT2D eigenvalue weighted by molar-refractivity contribution is -0.142. The summed E-state index contributed by atoms with van der Waals surface area (Å²) in [6.07, 6.45) is 7.62. The van der Waals surface area contributed by atoms with Gasteiger partial charge in [-0.15, -0.1) is 0 Å². The molecule has 0 unspecified atom stereocenters. The van der Waals surface area contributed by atoms with Gasteiger partial charge in [-0.05, 0) is 38.5 Å². The molecule has 0 aromatic carbocycles. The van der Waals surface area contributed by atoms with Gasteiger partial charge in [0.15, 0.2) is 0 Å². The maximum Gasteiger partial charge on any atom is 0.306 e. The predicted molar refractivity (Wildman–Crippen MR) is 69.7 cm³/mol. The molecule has 0 aromatic heterocycles. The normalized spacial score (nSPS) is 28.2. The van der Waals surface area contributed by atoms with Crippen LogP contribution >= 0.6 is 0 Å².